The smallest absolute Gasteiger partial charge is 0.00279 e. The summed E-state index contributed by atoms with van der Waals surface area (Å²) in [7, 11) is 1.39. The second-order valence-corrected chi connectivity index (χ2v) is 3.49. The van der Waals surface area contributed by atoms with Crippen LogP contribution >= 0.6 is 0 Å². The van der Waals surface area contributed by atoms with Crippen LogP contribution in [0.1, 0.15) is 32.1 Å². The van der Waals surface area contributed by atoms with Crippen molar-refractivity contribution in [2.45, 2.75) is 38.1 Å². The Kier molecular flexibility index (Phi) is 7.92. The minimum Gasteiger partial charge on any atom is -0.103 e. The van der Waals surface area contributed by atoms with Gasteiger partial charge in [0.15, 0.2) is 0 Å². The fourth-order valence-corrected chi connectivity index (χ4v) is 1.39. The van der Waals surface area contributed by atoms with Crippen molar-refractivity contribution >= 4 is 10.2 Å². The van der Waals surface area contributed by atoms with Crippen LogP contribution in [-0.4, -0.2) is 10.2 Å². The van der Waals surface area contributed by atoms with Crippen LogP contribution in [0.25, 0.3) is 0 Å². The Hall–Kier alpha value is -0.0431. The van der Waals surface area contributed by atoms with Crippen LogP contribution < -0.4 is 0 Å². The van der Waals surface area contributed by atoms with Crippen LogP contribution in [0.15, 0.2) is 12.7 Å². The van der Waals surface area contributed by atoms with Gasteiger partial charge in [-0.1, -0.05) is 31.4 Å². The highest BCUT2D eigenvalue weighted by Gasteiger charge is 1.84. The van der Waals surface area contributed by atoms with Gasteiger partial charge < -0.3 is 0 Å². The summed E-state index contributed by atoms with van der Waals surface area (Å²) in [6, 6.07) is 1.48. The molecule has 0 atom stereocenters. The predicted molar refractivity (Wildman–Crippen MR) is 48.0 cm³/mol. The third-order valence-electron chi connectivity index (χ3n) is 1.51. The molecular weight excluding hydrogens is 124 g/mol. The average Bonchev–Trinajstić information content (AvgIpc) is 1.89. The van der Waals surface area contributed by atoms with E-state index in [1.54, 1.807) is 0 Å². The van der Waals surface area contributed by atoms with Gasteiger partial charge in [-0.25, -0.2) is 0 Å². The molecule has 0 aliphatic rings. The molecule has 0 nitrogen and oxygen atoms in total. The maximum atomic E-state index is 3.69. The van der Waals surface area contributed by atoms with Gasteiger partial charge in [0.2, 0.25) is 0 Å². The van der Waals surface area contributed by atoms with Gasteiger partial charge in [0.25, 0.3) is 0 Å². The maximum absolute atomic E-state index is 3.69. The first-order valence-corrected chi connectivity index (χ1v) is 5.44. The van der Waals surface area contributed by atoms with Gasteiger partial charge in [0.05, 0.1) is 0 Å². The molecular formula is C8H18Si. The van der Waals surface area contributed by atoms with Gasteiger partial charge in [-0.3, -0.25) is 0 Å². The highest BCUT2D eigenvalue weighted by molar-refractivity contribution is 6.08. The topological polar surface area (TPSA) is 0 Å². The summed E-state index contributed by atoms with van der Waals surface area (Å²) in [5, 5.41) is 0. The van der Waals surface area contributed by atoms with E-state index in [9.17, 15) is 0 Å². The molecule has 0 aliphatic heterocycles. The molecule has 0 bridgehead atoms. The Morgan fingerprint density at radius 1 is 1.11 bits per heavy atom. The zero-order valence-corrected chi connectivity index (χ0v) is 8.53. The molecule has 0 heterocycles. The molecule has 0 aliphatic carbocycles. The Morgan fingerprint density at radius 3 is 2.33 bits per heavy atom. The lowest BCUT2D eigenvalue weighted by Crippen LogP contribution is -1.76. The highest BCUT2D eigenvalue weighted by Crippen LogP contribution is 2.03. The zero-order chi connectivity index (χ0) is 6.95. The third-order valence-corrected chi connectivity index (χ3v) is 2.22. The van der Waals surface area contributed by atoms with Crippen molar-refractivity contribution in [2.24, 2.45) is 0 Å². The van der Waals surface area contributed by atoms with E-state index >= 15 is 0 Å². The fourth-order valence-electron chi connectivity index (χ4n) is 0.892. The molecule has 0 rings (SSSR count). The van der Waals surface area contributed by atoms with Crippen molar-refractivity contribution in [1.29, 1.82) is 0 Å². The molecule has 0 unspecified atom stereocenters. The van der Waals surface area contributed by atoms with E-state index in [1.807, 2.05) is 6.08 Å². The SMILES string of the molecule is C=CCCCCCC[SiH3]. The minimum absolute atomic E-state index is 1.21. The lowest BCUT2D eigenvalue weighted by atomic mass is 10.1. The zero-order valence-electron chi connectivity index (χ0n) is 6.53. The normalized spacial score (nSPS) is 9.78. The quantitative estimate of drug-likeness (QED) is 0.302. The Labute approximate surface area is 61.8 Å². The summed E-state index contributed by atoms with van der Waals surface area (Å²) in [5.74, 6) is 0. The summed E-state index contributed by atoms with van der Waals surface area (Å²) in [4.78, 5) is 0. The summed E-state index contributed by atoms with van der Waals surface area (Å²) in [6.07, 6.45) is 8.89. The van der Waals surface area contributed by atoms with E-state index in [4.69, 9.17) is 0 Å². The maximum Gasteiger partial charge on any atom is 0.00279 e. The van der Waals surface area contributed by atoms with E-state index in [0.717, 1.165) is 0 Å². The van der Waals surface area contributed by atoms with Gasteiger partial charge in [-0.05, 0) is 12.8 Å². The van der Waals surface area contributed by atoms with E-state index in [2.05, 4.69) is 6.58 Å². The van der Waals surface area contributed by atoms with E-state index in [-0.39, 0.29) is 0 Å². The molecule has 0 spiro atoms. The molecule has 0 saturated heterocycles. The van der Waals surface area contributed by atoms with Gasteiger partial charge >= 0.3 is 0 Å². The molecule has 0 aromatic carbocycles. The molecule has 0 saturated carbocycles. The van der Waals surface area contributed by atoms with Crippen LogP contribution in [-0.2, 0) is 0 Å². The molecule has 0 N–H and O–H groups in total. The van der Waals surface area contributed by atoms with Crippen molar-refractivity contribution in [1.82, 2.24) is 0 Å². The molecule has 0 fully saturated rings. The standard InChI is InChI=1S/C8H18Si/c1-2-3-4-5-6-7-8-9/h2H,1,3-8H2,9H3. The summed E-state index contributed by atoms with van der Waals surface area (Å²) >= 11 is 0. The molecule has 54 valence electrons. The molecule has 1 heteroatoms. The van der Waals surface area contributed by atoms with Crippen molar-refractivity contribution in [3.8, 4) is 0 Å². The van der Waals surface area contributed by atoms with Crippen LogP contribution in [0.3, 0.4) is 0 Å². The molecule has 0 aromatic heterocycles. The second kappa shape index (κ2) is 7.96. The van der Waals surface area contributed by atoms with Crippen LogP contribution in [0.5, 0.6) is 0 Å². The largest absolute Gasteiger partial charge is 0.103 e. The van der Waals surface area contributed by atoms with Crippen molar-refractivity contribution in [3.63, 3.8) is 0 Å². The van der Waals surface area contributed by atoms with Gasteiger partial charge in [0.1, 0.15) is 0 Å². The average molecular weight is 142 g/mol. The van der Waals surface area contributed by atoms with Crippen molar-refractivity contribution in [2.75, 3.05) is 0 Å². The fraction of sp³-hybridized carbons (Fsp3) is 0.750. The Bertz CT molecular complexity index is 59.6. The highest BCUT2D eigenvalue weighted by atomic mass is 28.1. The minimum atomic E-state index is 1.21. The first-order chi connectivity index (χ1) is 4.41. The summed E-state index contributed by atoms with van der Waals surface area (Å²) in [5.41, 5.74) is 0. The number of hydrogen-bond acceptors (Lipinski definition) is 0. The Balaban J connectivity index is 2.66. The van der Waals surface area contributed by atoms with E-state index < -0.39 is 0 Å². The molecule has 0 aromatic rings. The lowest BCUT2D eigenvalue weighted by Gasteiger charge is -1.94. The van der Waals surface area contributed by atoms with Crippen molar-refractivity contribution in [3.05, 3.63) is 12.7 Å². The first kappa shape index (κ1) is 8.96. The van der Waals surface area contributed by atoms with Crippen molar-refractivity contribution < 1.29 is 0 Å². The predicted octanol–water partition coefficient (Wildman–Crippen LogP) is 1.91. The van der Waals surface area contributed by atoms with E-state index in [0.29, 0.717) is 0 Å². The molecule has 0 amide bonds. The van der Waals surface area contributed by atoms with E-state index in [1.165, 1.54) is 48.4 Å². The van der Waals surface area contributed by atoms with Crippen LogP contribution in [0.2, 0.25) is 6.04 Å². The molecule has 9 heavy (non-hydrogen) atoms. The number of rotatable bonds is 6. The lowest BCUT2D eigenvalue weighted by molar-refractivity contribution is 0.674. The van der Waals surface area contributed by atoms with Gasteiger partial charge in [-0.15, -0.1) is 6.58 Å². The van der Waals surface area contributed by atoms with Gasteiger partial charge in [0, 0.05) is 10.2 Å². The molecule has 0 radical (unpaired) electrons. The summed E-state index contributed by atoms with van der Waals surface area (Å²) in [6.45, 7) is 3.69. The van der Waals surface area contributed by atoms with Crippen LogP contribution in [0, 0.1) is 0 Å². The number of unbranched alkanes of at least 4 members (excludes halogenated alkanes) is 4. The third kappa shape index (κ3) is 7.96. The Morgan fingerprint density at radius 2 is 1.78 bits per heavy atom. The first-order valence-electron chi connectivity index (χ1n) is 4.02. The number of hydrogen-bond donors (Lipinski definition) is 0. The summed E-state index contributed by atoms with van der Waals surface area (Å²) < 4.78 is 0. The number of allylic oxidation sites excluding steroid dienone is 1. The second-order valence-electron chi connectivity index (χ2n) is 2.49. The van der Waals surface area contributed by atoms with Crippen LogP contribution in [0.4, 0.5) is 0 Å². The van der Waals surface area contributed by atoms with Gasteiger partial charge in [-0.2, -0.15) is 0 Å². The monoisotopic (exact) mass is 142 g/mol.